The number of benzene rings is 1. The summed E-state index contributed by atoms with van der Waals surface area (Å²) in [6.45, 7) is 0.213. The van der Waals surface area contributed by atoms with Crippen LogP contribution in [0.2, 0.25) is 5.02 Å². The number of aromatic nitrogens is 1. The summed E-state index contributed by atoms with van der Waals surface area (Å²) >= 11 is 5.90. The summed E-state index contributed by atoms with van der Waals surface area (Å²) < 4.78 is 1.80. The van der Waals surface area contributed by atoms with Crippen LogP contribution in [0, 0.1) is 10.1 Å². The Bertz CT molecular complexity index is 729. The molecule has 0 aliphatic rings. The number of hydrogen-bond acceptors (Lipinski definition) is 4. The summed E-state index contributed by atoms with van der Waals surface area (Å²) in [5.74, 6) is -0.516. The third kappa shape index (κ3) is 4.08. The van der Waals surface area contributed by atoms with Crippen molar-refractivity contribution in [2.24, 2.45) is 7.05 Å². The van der Waals surface area contributed by atoms with Crippen LogP contribution in [0.25, 0.3) is 0 Å². The first kappa shape index (κ1) is 17.0. The van der Waals surface area contributed by atoms with Gasteiger partial charge in [-0.25, -0.2) is 0 Å². The minimum atomic E-state index is -0.712. The van der Waals surface area contributed by atoms with E-state index >= 15 is 0 Å². The Labute approximate surface area is 137 Å². The average Bonchev–Trinajstić information content (AvgIpc) is 2.93. The quantitative estimate of drug-likeness (QED) is 0.625. The number of amides is 1. The smallest absolute Gasteiger partial charge is 0.270 e. The van der Waals surface area contributed by atoms with Gasteiger partial charge < -0.3 is 15.0 Å². The number of nitro benzene ring substituents is 1. The molecule has 0 radical (unpaired) electrons. The normalized spacial score (nSPS) is 12.0. The van der Waals surface area contributed by atoms with Crippen LogP contribution in [0.15, 0.2) is 36.5 Å². The van der Waals surface area contributed by atoms with Crippen LogP contribution in [0.4, 0.5) is 5.69 Å². The molecule has 1 amide bonds. The maximum atomic E-state index is 12.1. The first-order valence-electron chi connectivity index (χ1n) is 6.91. The van der Waals surface area contributed by atoms with Crippen molar-refractivity contribution in [2.45, 2.75) is 12.5 Å². The van der Waals surface area contributed by atoms with Gasteiger partial charge in [0.15, 0.2) is 0 Å². The van der Waals surface area contributed by atoms with Gasteiger partial charge in [-0.2, -0.15) is 0 Å². The molecule has 2 rings (SSSR count). The molecule has 2 N–H and O–H groups in total. The fraction of sp³-hybridized carbons (Fsp3) is 0.267. The maximum absolute atomic E-state index is 12.1. The lowest BCUT2D eigenvalue weighted by molar-refractivity contribution is -0.384. The summed E-state index contributed by atoms with van der Waals surface area (Å²) in [7, 11) is 1.82. The first-order chi connectivity index (χ1) is 10.9. The molecule has 0 bridgehead atoms. The van der Waals surface area contributed by atoms with E-state index in [9.17, 15) is 20.0 Å². The van der Waals surface area contributed by atoms with Crippen LogP contribution in [-0.4, -0.2) is 27.0 Å². The number of aliphatic hydroxyl groups is 1. The Balaban J connectivity index is 1.96. The Morgan fingerprint density at radius 1 is 1.48 bits per heavy atom. The highest BCUT2D eigenvalue weighted by Crippen LogP contribution is 2.22. The van der Waals surface area contributed by atoms with E-state index in [1.165, 1.54) is 12.1 Å². The molecule has 0 saturated heterocycles. The van der Waals surface area contributed by atoms with Gasteiger partial charge in [-0.3, -0.25) is 14.9 Å². The van der Waals surface area contributed by atoms with Crippen LogP contribution < -0.4 is 5.32 Å². The second-order valence-electron chi connectivity index (χ2n) is 5.03. The van der Waals surface area contributed by atoms with Gasteiger partial charge >= 0.3 is 0 Å². The molecule has 1 aromatic heterocycles. The van der Waals surface area contributed by atoms with Crippen molar-refractivity contribution < 1.29 is 14.8 Å². The zero-order valence-corrected chi connectivity index (χ0v) is 13.2. The highest BCUT2D eigenvalue weighted by Gasteiger charge is 2.16. The summed E-state index contributed by atoms with van der Waals surface area (Å²) in [6.07, 6.45) is 1.42. The molecule has 0 spiro atoms. The van der Waals surface area contributed by atoms with Gasteiger partial charge in [-0.05, 0) is 24.6 Å². The van der Waals surface area contributed by atoms with Gasteiger partial charge in [0.05, 0.1) is 21.6 Å². The largest absolute Gasteiger partial charge is 0.387 e. The lowest BCUT2D eigenvalue weighted by Crippen LogP contribution is -2.26. The van der Waals surface area contributed by atoms with Crippen molar-refractivity contribution in [3.8, 4) is 0 Å². The van der Waals surface area contributed by atoms with Crippen LogP contribution in [0.3, 0.4) is 0 Å². The number of rotatable bonds is 6. The number of nitrogens with zero attached hydrogens (tertiary/aromatic N) is 2. The van der Waals surface area contributed by atoms with Gasteiger partial charge in [0.2, 0.25) is 0 Å². The fourth-order valence-corrected chi connectivity index (χ4v) is 2.39. The first-order valence-corrected chi connectivity index (χ1v) is 7.29. The second kappa shape index (κ2) is 7.26. The summed E-state index contributed by atoms with van der Waals surface area (Å²) in [5.41, 5.74) is 0.574. The van der Waals surface area contributed by atoms with Crippen molar-refractivity contribution in [3.63, 3.8) is 0 Å². The van der Waals surface area contributed by atoms with Gasteiger partial charge in [0, 0.05) is 37.6 Å². The van der Waals surface area contributed by atoms with Crippen LogP contribution in [0.1, 0.15) is 28.6 Å². The molecular formula is C15H16ClN3O4. The standard InChI is InChI=1S/C15H16ClN3O4/c1-18-8-2-3-13(18)14(20)6-7-17-15(21)11-9-10(19(22)23)4-5-12(11)16/h2-5,8-9,14,20H,6-7H2,1H3,(H,17,21). The van der Waals surface area contributed by atoms with E-state index in [1.807, 2.05) is 19.3 Å². The Kier molecular flexibility index (Phi) is 5.36. The molecule has 7 nitrogen and oxygen atoms in total. The van der Waals surface area contributed by atoms with Crippen LogP contribution in [0.5, 0.6) is 0 Å². The number of carbonyl (C=O) groups is 1. The van der Waals surface area contributed by atoms with Crippen LogP contribution >= 0.6 is 11.6 Å². The maximum Gasteiger partial charge on any atom is 0.270 e. The highest BCUT2D eigenvalue weighted by atomic mass is 35.5. The van der Waals surface area contributed by atoms with Crippen molar-refractivity contribution in [1.82, 2.24) is 9.88 Å². The highest BCUT2D eigenvalue weighted by molar-refractivity contribution is 6.33. The van der Waals surface area contributed by atoms with Crippen molar-refractivity contribution >= 4 is 23.2 Å². The predicted molar refractivity (Wildman–Crippen MR) is 85.4 cm³/mol. The molecule has 0 aliphatic carbocycles. The Morgan fingerprint density at radius 3 is 2.83 bits per heavy atom. The fourth-order valence-electron chi connectivity index (χ4n) is 2.19. The zero-order chi connectivity index (χ0) is 17.0. The topological polar surface area (TPSA) is 97.4 Å². The molecule has 23 heavy (non-hydrogen) atoms. The molecule has 0 saturated carbocycles. The molecule has 1 atom stereocenters. The SMILES string of the molecule is Cn1cccc1C(O)CCNC(=O)c1cc([N+](=O)[O-])ccc1Cl. The number of nitrogens with one attached hydrogen (secondary N) is 1. The molecule has 1 aromatic carbocycles. The average molecular weight is 338 g/mol. The van der Waals surface area contributed by atoms with E-state index in [1.54, 1.807) is 10.6 Å². The van der Waals surface area contributed by atoms with Crippen molar-refractivity contribution in [2.75, 3.05) is 6.54 Å². The molecule has 1 unspecified atom stereocenters. The van der Waals surface area contributed by atoms with Gasteiger partial charge in [0.25, 0.3) is 11.6 Å². The van der Waals surface area contributed by atoms with E-state index in [0.717, 1.165) is 11.8 Å². The van der Waals surface area contributed by atoms with Gasteiger partial charge in [-0.15, -0.1) is 0 Å². The van der Waals surface area contributed by atoms with Crippen LogP contribution in [-0.2, 0) is 7.05 Å². The molecule has 1 heterocycles. The molecular weight excluding hydrogens is 322 g/mol. The second-order valence-corrected chi connectivity index (χ2v) is 5.43. The summed E-state index contributed by atoms with van der Waals surface area (Å²) in [6, 6.07) is 7.29. The van der Waals surface area contributed by atoms with Gasteiger partial charge in [-0.1, -0.05) is 11.6 Å². The van der Waals surface area contributed by atoms with Crippen molar-refractivity contribution in [1.29, 1.82) is 0 Å². The lowest BCUT2D eigenvalue weighted by atomic mass is 10.1. The molecule has 0 aliphatic heterocycles. The van der Waals surface area contributed by atoms with E-state index in [-0.39, 0.29) is 22.8 Å². The lowest BCUT2D eigenvalue weighted by Gasteiger charge is -2.13. The van der Waals surface area contributed by atoms with E-state index < -0.39 is 16.9 Å². The molecule has 8 heteroatoms. The zero-order valence-electron chi connectivity index (χ0n) is 12.4. The van der Waals surface area contributed by atoms with E-state index in [0.29, 0.717) is 6.42 Å². The third-order valence-corrected chi connectivity index (χ3v) is 3.76. The molecule has 0 fully saturated rings. The van der Waals surface area contributed by atoms with E-state index in [4.69, 9.17) is 11.6 Å². The summed E-state index contributed by atoms with van der Waals surface area (Å²) in [5, 5.41) is 23.5. The number of hydrogen-bond donors (Lipinski definition) is 2. The number of non-ortho nitro benzene ring substituents is 1. The number of aryl methyl sites for hydroxylation is 1. The number of halogens is 1. The number of carbonyl (C=O) groups excluding carboxylic acids is 1. The van der Waals surface area contributed by atoms with Gasteiger partial charge in [0.1, 0.15) is 0 Å². The van der Waals surface area contributed by atoms with Crippen molar-refractivity contribution in [3.05, 3.63) is 62.9 Å². The number of nitro groups is 1. The summed E-state index contributed by atoms with van der Waals surface area (Å²) in [4.78, 5) is 22.2. The Hall–Kier alpha value is -2.38. The minimum Gasteiger partial charge on any atom is -0.387 e. The number of aliphatic hydroxyl groups excluding tert-OH is 1. The molecule has 2 aromatic rings. The predicted octanol–water partition coefficient (Wildman–Crippen LogP) is 2.44. The Morgan fingerprint density at radius 2 is 2.22 bits per heavy atom. The third-order valence-electron chi connectivity index (χ3n) is 3.43. The monoisotopic (exact) mass is 337 g/mol. The molecule has 122 valence electrons. The van der Waals surface area contributed by atoms with E-state index in [2.05, 4.69) is 5.32 Å². The minimum absolute atomic E-state index is 0.0363.